The SMILES string of the molecule is Cc1cc(C2=Cc3c(cc4c(c3-c3ccccc3)CCC4)C2)oc1C.[Zr]. The van der Waals surface area contributed by atoms with Gasteiger partial charge in [0.05, 0.1) is 0 Å². The first-order valence-corrected chi connectivity index (χ1v) is 9.22. The Kier molecular flexibility index (Phi) is 4.65. The number of allylic oxidation sites excluding steroid dienone is 1. The van der Waals surface area contributed by atoms with Gasteiger partial charge in [0.15, 0.2) is 0 Å². The van der Waals surface area contributed by atoms with Crippen molar-refractivity contribution in [3.05, 3.63) is 81.8 Å². The van der Waals surface area contributed by atoms with E-state index >= 15 is 0 Å². The van der Waals surface area contributed by atoms with Crippen LogP contribution in [0.15, 0.2) is 46.9 Å². The van der Waals surface area contributed by atoms with Gasteiger partial charge in [-0.25, -0.2) is 0 Å². The molecule has 0 saturated carbocycles. The second kappa shape index (κ2) is 6.82. The molecule has 0 aliphatic heterocycles. The number of fused-ring (bicyclic) bond motifs is 2. The molecule has 128 valence electrons. The second-order valence-corrected chi connectivity index (χ2v) is 7.38. The Morgan fingerprint density at radius 3 is 2.46 bits per heavy atom. The summed E-state index contributed by atoms with van der Waals surface area (Å²) in [5.41, 5.74) is 11.3. The van der Waals surface area contributed by atoms with Crippen LogP contribution in [0.4, 0.5) is 0 Å². The van der Waals surface area contributed by atoms with Crippen molar-refractivity contribution >= 4 is 11.6 Å². The first kappa shape index (κ1) is 17.7. The summed E-state index contributed by atoms with van der Waals surface area (Å²) in [6, 6.07) is 15.5. The van der Waals surface area contributed by atoms with Gasteiger partial charge in [0.2, 0.25) is 0 Å². The molecule has 3 aromatic rings. The van der Waals surface area contributed by atoms with E-state index < -0.39 is 0 Å². The third-order valence-corrected chi connectivity index (χ3v) is 5.77. The molecule has 2 heteroatoms. The quantitative estimate of drug-likeness (QED) is 0.488. The molecule has 0 bridgehead atoms. The van der Waals surface area contributed by atoms with Crippen LogP contribution in [0.5, 0.6) is 0 Å². The van der Waals surface area contributed by atoms with Crippen molar-refractivity contribution in [3.8, 4) is 11.1 Å². The van der Waals surface area contributed by atoms with E-state index in [0.717, 1.165) is 17.9 Å². The average molecular weight is 418 g/mol. The maximum absolute atomic E-state index is 6.01. The van der Waals surface area contributed by atoms with E-state index in [4.69, 9.17) is 4.42 Å². The molecule has 1 nitrogen and oxygen atoms in total. The zero-order chi connectivity index (χ0) is 17.0. The summed E-state index contributed by atoms with van der Waals surface area (Å²) in [7, 11) is 0. The van der Waals surface area contributed by atoms with Crippen LogP contribution in [0.1, 0.15) is 45.8 Å². The Labute approximate surface area is 174 Å². The molecule has 1 heterocycles. The van der Waals surface area contributed by atoms with Crippen molar-refractivity contribution in [2.75, 3.05) is 0 Å². The van der Waals surface area contributed by atoms with Crippen LogP contribution in [0.25, 0.3) is 22.8 Å². The Morgan fingerprint density at radius 1 is 0.923 bits per heavy atom. The molecule has 2 aromatic carbocycles. The molecule has 26 heavy (non-hydrogen) atoms. The van der Waals surface area contributed by atoms with Gasteiger partial charge in [0.25, 0.3) is 0 Å². The number of hydrogen-bond acceptors (Lipinski definition) is 1. The topological polar surface area (TPSA) is 13.1 Å². The predicted molar refractivity (Wildman–Crippen MR) is 104 cm³/mol. The number of hydrogen-bond donors (Lipinski definition) is 0. The summed E-state index contributed by atoms with van der Waals surface area (Å²) < 4.78 is 6.01. The van der Waals surface area contributed by atoms with Crippen molar-refractivity contribution in [2.45, 2.75) is 39.5 Å². The van der Waals surface area contributed by atoms with Crippen molar-refractivity contribution in [1.82, 2.24) is 0 Å². The van der Waals surface area contributed by atoms with Gasteiger partial charge in [-0.1, -0.05) is 36.4 Å². The van der Waals surface area contributed by atoms with Gasteiger partial charge in [-0.05, 0) is 89.8 Å². The molecule has 5 rings (SSSR count). The first-order chi connectivity index (χ1) is 12.2. The molecule has 2 aliphatic rings. The van der Waals surface area contributed by atoms with Crippen molar-refractivity contribution < 1.29 is 30.6 Å². The first-order valence-electron chi connectivity index (χ1n) is 9.22. The van der Waals surface area contributed by atoms with E-state index in [2.05, 4.69) is 55.5 Å². The van der Waals surface area contributed by atoms with Crippen LogP contribution in [-0.2, 0) is 45.5 Å². The molecular formula is C24H22OZr. The summed E-state index contributed by atoms with van der Waals surface area (Å²) in [6.45, 7) is 4.17. The van der Waals surface area contributed by atoms with Gasteiger partial charge in [-0.15, -0.1) is 0 Å². The molecule has 0 N–H and O–H groups in total. The van der Waals surface area contributed by atoms with Gasteiger partial charge in [0.1, 0.15) is 11.5 Å². The summed E-state index contributed by atoms with van der Waals surface area (Å²) >= 11 is 0. The van der Waals surface area contributed by atoms with Gasteiger partial charge in [0, 0.05) is 32.6 Å². The molecule has 0 fully saturated rings. The van der Waals surface area contributed by atoms with Gasteiger partial charge in [-0.3, -0.25) is 0 Å². The third-order valence-electron chi connectivity index (χ3n) is 5.77. The molecule has 2 aliphatic carbocycles. The maximum Gasteiger partial charge on any atom is 0.130 e. The fourth-order valence-corrected chi connectivity index (χ4v) is 4.39. The molecular weight excluding hydrogens is 395 g/mol. The minimum Gasteiger partial charge on any atom is -0.461 e. The number of furan rings is 1. The zero-order valence-corrected chi connectivity index (χ0v) is 17.8. The van der Waals surface area contributed by atoms with E-state index in [9.17, 15) is 0 Å². The summed E-state index contributed by atoms with van der Waals surface area (Å²) in [5.74, 6) is 2.06. The van der Waals surface area contributed by atoms with Crippen LogP contribution >= 0.6 is 0 Å². The number of rotatable bonds is 2. The minimum absolute atomic E-state index is 0. The Hall–Kier alpha value is -1.66. The smallest absolute Gasteiger partial charge is 0.130 e. The zero-order valence-electron chi connectivity index (χ0n) is 15.4. The van der Waals surface area contributed by atoms with Crippen molar-refractivity contribution in [1.29, 1.82) is 0 Å². The van der Waals surface area contributed by atoms with Gasteiger partial charge >= 0.3 is 0 Å². The maximum atomic E-state index is 6.01. The van der Waals surface area contributed by atoms with E-state index in [0.29, 0.717) is 0 Å². The molecule has 0 spiro atoms. The van der Waals surface area contributed by atoms with E-state index in [1.807, 2.05) is 6.92 Å². The monoisotopic (exact) mass is 416 g/mol. The van der Waals surface area contributed by atoms with E-state index in [-0.39, 0.29) is 26.2 Å². The van der Waals surface area contributed by atoms with Gasteiger partial charge < -0.3 is 4.42 Å². The summed E-state index contributed by atoms with van der Waals surface area (Å²) in [4.78, 5) is 0. The van der Waals surface area contributed by atoms with Crippen LogP contribution in [-0.4, -0.2) is 0 Å². The molecule has 0 radical (unpaired) electrons. The standard InChI is InChI=1S/C24H22O.Zr/c1-15-11-23(25-16(15)2)20-13-19-12-18-9-6-10-21(18)24(22(19)14-20)17-7-4-3-5-8-17;/h3-5,7-8,11-12,14H,6,9-10,13H2,1-2H3;. The largest absolute Gasteiger partial charge is 0.461 e. The van der Waals surface area contributed by atoms with Gasteiger partial charge in [-0.2, -0.15) is 0 Å². The van der Waals surface area contributed by atoms with Crippen molar-refractivity contribution in [3.63, 3.8) is 0 Å². The van der Waals surface area contributed by atoms with Crippen LogP contribution in [0, 0.1) is 13.8 Å². The van der Waals surface area contributed by atoms with Crippen LogP contribution in [0.2, 0.25) is 0 Å². The summed E-state index contributed by atoms with van der Waals surface area (Å²) in [5, 5.41) is 0. The predicted octanol–water partition coefficient (Wildman–Crippen LogP) is 6.15. The van der Waals surface area contributed by atoms with E-state index in [1.165, 1.54) is 52.7 Å². The molecule has 0 unspecified atom stereocenters. The van der Waals surface area contributed by atoms with Crippen molar-refractivity contribution in [2.24, 2.45) is 0 Å². The Morgan fingerprint density at radius 2 is 1.73 bits per heavy atom. The molecule has 1 aromatic heterocycles. The minimum atomic E-state index is 0. The molecule has 0 amide bonds. The third kappa shape index (κ3) is 2.80. The number of aryl methyl sites for hydroxylation is 3. The van der Waals surface area contributed by atoms with Crippen LogP contribution < -0.4 is 0 Å². The molecule has 0 atom stereocenters. The number of benzene rings is 2. The fraction of sp³-hybridized carbons (Fsp3) is 0.250. The fourth-order valence-electron chi connectivity index (χ4n) is 4.39. The van der Waals surface area contributed by atoms with E-state index in [1.54, 1.807) is 11.1 Å². The second-order valence-electron chi connectivity index (χ2n) is 7.38. The Bertz CT molecular complexity index is 989. The molecule has 0 saturated heterocycles. The Balaban J connectivity index is 0.00000168. The van der Waals surface area contributed by atoms with Crippen LogP contribution in [0.3, 0.4) is 0 Å². The normalized spacial score (nSPS) is 14.6. The average Bonchev–Trinajstić information content (AvgIpc) is 3.32. The summed E-state index contributed by atoms with van der Waals surface area (Å²) in [6.07, 6.45) is 7.06.